The third kappa shape index (κ3) is 4.37. The minimum Gasteiger partial charge on any atom is -0.310 e. The number of H-pyrrole nitrogens is 1. The molecule has 3 aromatic rings. The molecule has 150 valence electrons. The summed E-state index contributed by atoms with van der Waals surface area (Å²) in [5, 5.41) is 1.05. The van der Waals surface area contributed by atoms with Crippen LogP contribution in [-0.4, -0.2) is 26.4 Å². The van der Waals surface area contributed by atoms with Crippen LogP contribution in [0.4, 0.5) is 0 Å². The average Bonchev–Trinajstić information content (AvgIpc) is 2.71. The fraction of sp³-hybridized carbons (Fsp3) is 0.318. The van der Waals surface area contributed by atoms with Gasteiger partial charge in [0, 0.05) is 43.7 Å². The van der Waals surface area contributed by atoms with Gasteiger partial charge in [-0.2, -0.15) is 0 Å². The Bertz CT molecular complexity index is 1090. The Morgan fingerprint density at radius 2 is 2.00 bits per heavy atom. The van der Waals surface area contributed by atoms with Crippen LogP contribution in [0.1, 0.15) is 42.4 Å². The van der Waals surface area contributed by atoms with E-state index >= 15 is 0 Å². The van der Waals surface area contributed by atoms with Gasteiger partial charge in [0.1, 0.15) is 5.82 Å². The van der Waals surface area contributed by atoms with E-state index in [0.29, 0.717) is 16.6 Å². The molecular weight excluding hydrogens is 407 g/mol. The molecule has 0 atom stereocenters. The Balaban J connectivity index is 1.48. The van der Waals surface area contributed by atoms with E-state index in [9.17, 15) is 4.79 Å². The summed E-state index contributed by atoms with van der Waals surface area (Å²) in [6.45, 7) is 6.28. The maximum Gasteiger partial charge on any atom is 0.255 e. The molecule has 0 fully saturated rings. The first-order chi connectivity index (χ1) is 13.9. The number of benzene rings is 1. The molecule has 1 aromatic carbocycles. The first-order valence-corrected chi connectivity index (χ1v) is 10.4. The van der Waals surface area contributed by atoms with Gasteiger partial charge in [-0.25, -0.2) is 4.98 Å². The minimum atomic E-state index is -0.0171. The lowest BCUT2D eigenvalue weighted by atomic mass is 10.0. The number of nitrogens with one attached hydrogen (secondary N) is 1. The van der Waals surface area contributed by atoms with Gasteiger partial charge < -0.3 is 4.98 Å². The second-order valence-electron chi connectivity index (χ2n) is 7.67. The van der Waals surface area contributed by atoms with E-state index < -0.39 is 0 Å². The van der Waals surface area contributed by atoms with Crippen LogP contribution in [-0.2, 0) is 19.5 Å². The van der Waals surface area contributed by atoms with Crippen LogP contribution >= 0.6 is 23.2 Å². The summed E-state index contributed by atoms with van der Waals surface area (Å²) < 4.78 is 0. The van der Waals surface area contributed by atoms with Crippen molar-refractivity contribution in [3.8, 4) is 11.3 Å². The van der Waals surface area contributed by atoms with Crippen molar-refractivity contribution < 1.29 is 0 Å². The molecule has 1 aliphatic rings. The molecule has 0 saturated carbocycles. The smallest absolute Gasteiger partial charge is 0.255 e. The van der Waals surface area contributed by atoms with Crippen molar-refractivity contribution in [3.05, 3.63) is 79.6 Å². The van der Waals surface area contributed by atoms with E-state index in [1.807, 2.05) is 38.2 Å². The van der Waals surface area contributed by atoms with Crippen molar-refractivity contribution in [3.63, 3.8) is 0 Å². The standard InChI is InChI=1S/C22H22Cl2N4O/c1-13(2)21-26-20-7-8-28(12-16(20)22(29)27-21)11-14-3-6-19(25-10-14)15-4-5-17(23)18(24)9-15/h3-6,9-10,13H,7-8,11-12H2,1-2H3,(H,26,27,29). The van der Waals surface area contributed by atoms with Gasteiger partial charge in [-0.05, 0) is 23.8 Å². The first kappa shape index (κ1) is 20.1. The summed E-state index contributed by atoms with van der Waals surface area (Å²) >= 11 is 12.1. The van der Waals surface area contributed by atoms with Crippen molar-refractivity contribution in [1.29, 1.82) is 0 Å². The van der Waals surface area contributed by atoms with Crippen LogP contribution in [0.15, 0.2) is 41.3 Å². The van der Waals surface area contributed by atoms with Crippen molar-refractivity contribution in [1.82, 2.24) is 19.9 Å². The summed E-state index contributed by atoms with van der Waals surface area (Å²) in [5.74, 6) is 0.982. The zero-order valence-corrected chi connectivity index (χ0v) is 17.9. The van der Waals surface area contributed by atoms with Crippen molar-refractivity contribution in [2.24, 2.45) is 0 Å². The zero-order chi connectivity index (χ0) is 20.5. The topological polar surface area (TPSA) is 61.9 Å². The fourth-order valence-electron chi connectivity index (χ4n) is 3.51. The van der Waals surface area contributed by atoms with Crippen LogP contribution in [0.5, 0.6) is 0 Å². The minimum absolute atomic E-state index is 0.0171. The molecule has 3 heterocycles. The van der Waals surface area contributed by atoms with Crippen LogP contribution in [0, 0.1) is 0 Å². The maximum absolute atomic E-state index is 12.5. The summed E-state index contributed by atoms with van der Waals surface area (Å²) in [5.41, 5.74) is 4.56. The van der Waals surface area contributed by atoms with Crippen molar-refractivity contribution in [2.75, 3.05) is 6.54 Å². The molecular formula is C22H22Cl2N4O. The van der Waals surface area contributed by atoms with Gasteiger partial charge in [-0.15, -0.1) is 0 Å². The molecule has 1 N–H and O–H groups in total. The molecule has 5 nitrogen and oxygen atoms in total. The van der Waals surface area contributed by atoms with E-state index in [4.69, 9.17) is 23.2 Å². The summed E-state index contributed by atoms with van der Waals surface area (Å²) in [6.07, 6.45) is 2.66. The van der Waals surface area contributed by atoms with Gasteiger partial charge in [0.05, 0.1) is 27.0 Å². The molecule has 29 heavy (non-hydrogen) atoms. The quantitative estimate of drug-likeness (QED) is 0.646. The first-order valence-electron chi connectivity index (χ1n) is 9.65. The molecule has 0 saturated heterocycles. The highest BCUT2D eigenvalue weighted by Gasteiger charge is 2.22. The predicted molar refractivity (Wildman–Crippen MR) is 116 cm³/mol. The number of hydrogen-bond donors (Lipinski definition) is 1. The van der Waals surface area contributed by atoms with E-state index in [1.165, 1.54) is 0 Å². The molecule has 2 aromatic heterocycles. The number of pyridine rings is 1. The number of nitrogens with zero attached hydrogens (tertiary/aromatic N) is 3. The van der Waals surface area contributed by atoms with Gasteiger partial charge in [0.15, 0.2) is 0 Å². The molecule has 4 rings (SSSR count). The van der Waals surface area contributed by atoms with Crippen LogP contribution in [0.25, 0.3) is 11.3 Å². The lowest BCUT2D eigenvalue weighted by Crippen LogP contribution is -2.36. The van der Waals surface area contributed by atoms with Gasteiger partial charge in [0.25, 0.3) is 5.56 Å². The van der Waals surface area contributed by atoms with Crippen LogP contribution < -0.4 is 5.56 Å². The highest BCUT2D eigenvalue weighted by Crippen LogP contribution is 2.27. The molecule has 0 radical (unpaired) electrons. The number of hydrogen-bond acceptors (Lipinski definition) is 4. The Hall–Kier alpha value is -2.21. The third-order valence-corrected chi connectivity index (χ3v) is 5.90. The van der Waals surface area contributed by atoms with Crippen LogP contribution in [0.3, 0.4) is 0 Å². The molecule has 0 aliphatic carbocycles. The number of aromatic amines is 1. The largest absolute Gasteiger partial charge is 0.310 e. The van der Waals surface area contributed by atoms with Gasteiger partial charge >= 0.3 is 0 Å². The Morgan fingerprint density at radius 3 is 2.69 bits per heavy atom. The van der Waals surface area contributed by atoms with E-state index in [0.717, 1.165) is 53.4 Å². The molecule has 0 spiro atoms. The number of rotatable bonds is 4. The second kappa shape index (κ2) is 8.27. The maximum atomic E-state index is 12.5. The molecule has 0 unspecified atom stereocenters. The van der Waals surface area contributed by atoms with Crippen molar-refractivity contribution >= 4 is 23.2 Å². The SMILES string of the molecule is CC(C)c1nc2c(c(=O)[nH]1)CN(Cc1ccc(-c3ccc(Cl)c(Cl)c3)nc1)CC2. The monoisotopic (exact) mass is 428 g/mol. The highest BCUT2D eigenvalue weighted by molar-refractivity contribution is 6.42. The third-order valence-electron chi connectivity index (χ3n) is 5.16. The predicted octanol–water partition coefficient (Wildman–Crippen LogP) is 4.82. The fourth-order valence-corrected chi connectivity index (χ4v) is 3.81. The summed E-state index contributed by atoms with van der Waals surface area (Å²) in [4.78, 5) is 26.9. The van der Waals surface area contributed by atoms with Crippen LogP contribution in [0.2, 0.25) is 10.0 Å². The Morgan fingerprint density at radius 1 is 1.17 bits per heavy atom. The normalized spacial score (nSPS) is 14.2. The number of aromatic nitrogens is 3. The van der Waals surface area contributed by atoms with E-state index in [2.05, 4.69) is 25.9 Å². The van der Waals surface area contributed by atoms with Gasteiger partial charge in [0.2, 0.25) is 0 Å². The summed E-state index contributed by atoms with van der Waals surface area (Å²) in [6, 6.07) is 9.54. The lowest BCUT2D eigenvalue weighted by Gasteiger charge is -2.28. The molecule has 0 bridgehead atoms. The number of halogens is 2. The van der Waals surface area contributed by atoms with E-state index in [-0.39, 0.29) is 11.5 Å². The molecule has 7 heteroatoms. The number of fused-ring (bicyclic) bond motifs is 1. The molecule has 1 aliphatic heterocycles. The lowest BCUT2D eigenvalue weighted by molar-refractivity contribution is 0.241. The van der Waals surface area contributed by atoms with Gasteiger partial charge in [-0.1, -0.05) is 49.2 Å². The Kier molecular flexibility index (Phi) is 5.72. The molecule has 0 amide bonds. The Labute approximate surface area is 179 Å². The van der Waals surface area contributed by atoms with E-state index in [1.54, 1.807) is 6.07 Å². The highest BCUT2D eigenvalue weighted by atomic mass is 35.5. The summed E-state index contributed by atoms with van der Waals surface area (Å²) in [7, 11) is 0. The van der Waals surface area contributed by atoms with Gasteiger partial charge in [-0.3, -0.25) is 14.7 Å². The zero-order valence-electron chi connectivity index (χ0n) is 16.4. The second-order valence-corrected chi connectivity index (χ2v) is 8.49. The van der Waals surface area contributed by atoms with Crippen molar-refractivity contribution in [2.45, 2.75) is 39.3 Å². The average molecular weight is 429 g/mol.